The molecule has 1 saturated carbocycles. The molecule has 0 N–H and O–H groups in total. The largest absolute Gasteiger partial charge is 0.292 e. The highest BCUT2D eigenvalue weighted by Gasteiger charge is 2.37. The lowest BCUT2D eigenvalue weighted by atomic mass is 9.89. The molecule has 2 aliphatic rings. The van der Waals surface area contributed by atoms with Crippen LogP contribution in [0.2, 0.25) is 0 Å². The molecule has 5 heteroatoms. The number of carbonyl (C=O) groups excluding carboxylic acids is 1. The lowest BCUT2D eigenvalue weighted by Gasteiger charge is -2.30. The molecule has 2 atom stereocenters. The summed E-state index contributed by atoms with van der Waals surface area (Å²) in [6, 6.07) is -0.362. The van der Waals surface area contributed by atoms with E-state index in [1.54, 1.807) is 11.9 Å². The van der Waals surface area contributed by atoms with Gasteiger partial charge in [-0.15, -0.1) is 0 Å². The summed E-state index contributed by atoms with van der Waals surface area (Å²) >= 11 is 0. The van der Waals surface area contributed by atoms with Crippen molar-refractivity contribution in [2.45, 2.75) is 50.7 Å². The number of hydrogen-bond acceptors (Lipinski definition) is 3. The third-order valence-corrected chi connectivity index (χ3v) is 4.40. The van der Waals surface area contributed by atoms with Gasteiger partial charge in [0.15, 0.2) is 0 Å². The van der Waals surface area contributed by atoms with Crippen molar-refractivity contribution >= 4 is 5.91 Å². The van der Waals surface area contributed by atoms with Crippen LogP contribution < -0.4 is 0 Å². The zero-order chi connectivity index (χ0) is 13.8. The molecular weight excluding hydrogens is 247 g/mol. The topological polar surface area (TPSA) is 32.8 Å². The Balaban J connectivity index is 1.90. The molecule has 1 aliphatic heterocycles. The molecule has 1 aliphatic carbocycles. The van der Waals surface area contributed by atoms with Gasteiger partial charge in [-0.05, 0) is 25.8 Å². The van der Waals surface area contributed by atoms with E-state index in [-0.39, 0.29) is 11.9 Å². The number of alkyl halides is 1. The van der Waals surface area contributed by atoms with Crippen LogP contribution in [0, 0.1) is 5.92 Å². The molecule has 1 saturated heterocycles. The van der Waals surface area contributed by atoms with Crippen LogP contribution in [0.15, 0.2) is 0 Å². The van der Waals surface area contributed by atoms with Crippen molar-refractivity contribution in [2.75, 3.05) is 27.2 Å². The quantitative estimate of drug-likeness (QED) is 0.734. The van der Waals surface area contributed by atoms with Gasteiger partial charge in [0.1, 0.15) is 6.17 Å². The maximum absolute atomic E-state index is 13.4. The Morgan fingerprint density at radius 3 is 2.58 bits per heavy atom. The number of amides is 1. The fourth-order valence-corrected chi connectivity index (χ4v) is 3.25. The summed E-state index contributed by atoms with van der Waals surface area (Å²) in [5.41, 5.74) is 0. The van der Waals surface area contributed by atoms with Crippen molar-refractivity contribution < 1.29 is 14.0 Å². The Morgan fingerprint density at radius 1 is 1.37 bits per heavy atom. The number of likely N-dealkylation sites (tertiary alicyclic amines) is 1. The molecule has 2 rings (SSSR count). The summed E-state index contributed by atoms with van der Waals surface area (Å²) < 4.78 is 13.4. The molecule has 0 spiro atoms. The van der Waals surface area contributed by atoms with Crippen molar-refractivity contribution in [1.29, 1.82) is 0 Å². The summed E-state index contributed by atoms with van der Waals surface area (Å²) in [7, 11) is 3.33. The zero-order valence-electron chi connectivity index (χ0n) is 12.0. The van der Waals surface area contributed by atoms with E-state index < -0.39 is 6.17 Å². The Kier molecular flexibility index (Phi) is 5.16. The lowest BCUT2D eigenvalue weighted by molar-refractivity contribution is -0.184. The molecule has 1 amide bonds. The van der Waals surface area contributed by atoms with Gasteiger partial charge in [-0.1, -0.05) is 19.3 Å². The lowest BCUT2D eigenvalue weighted by Crippen LogP contribution is -2.45. The van der Waals surface area contributed by atoms with E-state index in [9.17, 15) is 9.18 Å². The smallest absolute Gasteiger partial charge is 0.263 e. The number of rotatable bonds is 4. The molecule has 110 valence electrons. The monoisotopic (exact) mass is 272 g/mol. The van der Waals surface area contributed by atoms with Crippen LogP contribution in [0.3, 0.4) is 0 Å². The molecular formula is C14H25FN2O2. The second-order valence-corrected chi connectivity index (χ2v) is 5.87. The SMILES string of the molecule is CON(CC1CCCCC1)C(=O)[C@@H]1CC(F)CN1C. The van der Waals surface area contributed by atoms with E-state index in [1.165, 1.54) is 44.3 Å². The summed E-state index contributed by atoms with van der Waals surface area (Å²) in [6.45, 7) is 0.994. The highest BCUT2D eigenvalue weighted by atomic mass is 19.1. The van der Waals surface area contributed by atoms with Gasteiger partial charge in [0.05, 0.1) is 19.7 Å². The number of carbonyl (C=O) groups is 1. The number of nitrogens with zero attached hydrogens (tertiary/aromatic N) is 2. The maximum Gasteiger partial charge on any atom is 0.263 e. The van der Waals surface area contributed by atoms with Gasteiger partial charge < -0.3 is 0 Å². The molecule has 19 heavy (non-hydrogen) atoms. The summed E-state index contributed by atoms with van der Waals surface area (Å²) in [6.07, 6.45) is 5.51. The normalized spacial score (nSPS) is 29.6. The molecule has 0 aromatic carbocycles. The van der Waals surface area contributed by atoms with E-state index in [0.29, 0.717) is 25.4 Å². The predicted molar refractivity (Wildman–Crippen MR) is 71.2 cm³/mol. The van der Waals surface area contributed by atoms with Crippen LogP contribution >= 0.6 is 0 Å². The minimum absolute atomic E-state index is 0.0873. The number of likely N-dealkylation sites (N-methyl/N-ethyl adjacent to an activating group) is 1. The molecule has 0 aromatic heterocycles. The second-order valence-electron chi connectivity index (χ2n) is 5.87. The first-order valence-electron chi connectivity index (χ1n) is 7.31. The first-order chi connectivity index (χ1) is 9.11. The Hall–Kier alpha value is -0.680. The van der Waals surface area contributed by atoms with Crippen molar-refractivity contribution in [1.82, 2.24) is 9.96 Å². The van der Waals surface area contributed by atoms with E-state index in [4.69, 9.17) is 4.84 Å². The van der Waals surface area contributed by atoms with Crippen molar-refractivity contribution in [3.8, 4) is 0 Å². The maximum atomic E-state index is 13.4. The fourth-order valence-electron chi connectivity index (χ4n) is 3.25. The van der Waals surface area contributed by atoms with Crippen molar-refractivity contribution in [2.24, 2.45) is 5.92 Å². The van der Waals surface area contributed by atoms with Crippen molar-refractivity contribution in [3.05, 3.63) is 0 Å². The van der Waals surface area contributed by atoms with Gasteiger partial charge in [0, 0.05) is 13.0 Å². The van der Waals surface area contributed by atoms with Crippen LogP contribution in [0.25, 0.3) is 0 Å². The number of hydrogen-bond donors (Lipinski definition) is 0. The minimum atomic E-state index is -0.896. The average molecular weight is 272 g/mol. The van der Waals surface area contributed by atoms with Gasteiger partial charge in [-0.3, -0.25) is 14.5 Å². The molecule has 4 nitrogen and oxygen atoms in total. The van der Waals surface area contributed by atoms with E-state index in [0.717, 1.165) is 0 Å². The Morgan fingerprint density at radius 2 is 2.05 bits per heavy atom. The predicted octanol–water partition coefficient (Wildman–Crippen LogP) is 2.00. The van der Waals surface area contributed by atoms with Crippen LogP contribution in [0.5, 0.6) is 0 Å². The first kappa shape index (κ1) is 14.7. The third kappa shape index (κ3) is 3.66. The fraction of sp³-hybridized carbons (Fsp3) is 0.929. The highest BCUT2D eigenvalue weighted by molar-refractivity contribution is 5.81. The van der Waals surface area contributed by atoms with Gasteiger partial charge in [-0.2, -0.15) is 0 Å². The van der Waals surface area contributed by atoms with Crippen LogP contribution in [-0.4, -0.2) is 55.3 Å². The van der Waals surface area contributed by atoms with Gasteiger partial charge in [0.2, 0.25) is 0 Å². The number of halogens is 1. The van der Waals surface area contributed by atoms with E-state index in [1.807, 2.05) is 0 Å². The Labute approximate surface area is 114 Å². The van der Waals surface area contributed by atoms with Gasteiger partial charge in [0.25, 0.3) is 5.91 Å². The zero-order valence-corrected chi connectivity index (χ0v) is 12.0. The second kappa shape index (κ2) is 6.66. The van der Waals surface area contributed by atoms with E-state index in [2.05, 4.69) is 0 Å². The molecule has 1 heterocycles. The van der Waals surface area contributed by atoms with E-state index >= 15 is 0 Å². The average Bonchev–Trinajstić information content (AvgIpc) is 2.75. The van der Waals surface area contributed by atoms with Gasteiger partial charge in [-0.25, -0.2) is 9.45 Å². The highest BCUT2D eigenvalue weighted by Crippen LogP contribution is 2.26. The molecule has 0 bridgehead atoms. The molecule has 0 aromatic rings. The molecule has 0 radical (unpaired) electrons. The summed E-state index contributed by atoms with van der Waals surface area (Å²) in [5.74, 6) is 0.446. The summed E-state index contributed by atoms with van der Waals surface area (Å²) in [5, 5.41) is 1.45. The first-order valence-corrected chi connectivity index (χ1v) is 7.31. The third-order valence-electron chi connectivity index (χ3n) is 4.40. The van der Waals surface area contributed by atoms with Gasteiger partial charge >= 0.3 is 0 Å². The Bertz CT molecular complexity index is 308. The van der Waals surface area contributed by atoms with Crippen molar-refractivity contribution in [3.63, 3.8) is 0 Å². The standard InChI is InChI=1S/C14H25FN2O2/c1-16-10-12(15)8-13(16)14(18)17(19-2)9-11-6-4-3-5-7-11/h11-13H,3-10H2,1-2H3/t12?,13-/m0/s1. The number of hydroxylamine groups is 2. The van der Waals surface area contributed by atoms with Crippen LogP contribution in [0.4, 0.5) is 4.39 Å². The molecule has 1 unspecified atom stereocenters. The van der Waals surface area contributed by atoms with Crippen LogP contribution in [0.1, 0.15) is 38.5 Å². The minimum Gasteiger partial charge on any atom is -0.292 e. The molecule has 2 fully saturated rings. The van der Waals surface area contributed by atoms with Crippen LogP contribution in [-0.2, 0) is 9.63 Å². The summed E-state index contributed by atoms with van der Waals surface area (Å²) in [4.78, 5) is 19.4.